The second-order valence-corrected chi connectivity index (χ2v) is 7.31. The summed E-state index contributed by atoms with van der Waals surface area (Å²) in [6, 6.07) is 10.1. The van der Waals surface area contributed by atoms with Crippen LogP contribution in [0, 0.1) is 16.7 Å². The monoisotopic (exact) mass is 418 g/mol. The fourth-order valence-electron chi connectivity index (χ4n) is 2.11. The van der Waals surface area contributed by atoms with Crippen LogP contribution >= 0.6 is 0 Å². The van der Waals surface area contributed by atoms with Crippen molar-refractivity contribution in [1.29, 1.82) is 10.7 Å². The number of phenols is 1. The fourth-order valence-corrected chi connectivity index (χ4v) is 2.66. The Labute approximate surface area is 167 Å². The van der Waals surface area contributed by atoms with Crippen molar-refractivity contribution in [3.05, 3.63) is 53.1 Å². The predicted octanol–water partition coefficient (Wildman–Crippen LogP) is 1.63. The minimum Gasteiger partial charge on any atom is -0.507 e. The second kappa shape index (κ2) is 9.86. The van der Waals surface area contributed by atoms with Crippen molar-refractivity contribution >= 4 is 39.4 Å². The Kier molecular flexibility index (Phi) is 7.86. The quantitative estimate of drug-likeness (QED) is 0.346. The van der Waals surface area contributed by atoms with E-state index in [4.69, 9.17) is 15.8 Å². The SMILES string of the molecule is CNc1ccc(C#N)cc1C(=O)O.CS(=O)(=O)Nc1ccc(C(=N)C=O)c(O)c1. The first-order valence-corrected chi connectivity index (χ1v) is 9.71. The molecule has 29 heavy (non-hydrogen) atoms. The number of carbonyl (C=O) groups is 2. The Balaban J connectivity index is 0.000000296. The topological polar surface area (TPSA) is 180 Å². The normalized spacial score (nSPS) is 9.97. The maximum atomic E-state index is 10.9. The van der Waals surface area contributed by atoms with E-state index in [0.29, 0.717) is 17.5 Å². The van der Waals surface area contributed by atoms with Crippen LogP contribution in [-0.4, -0.2) is 49.9 Å². The number of hydrogen-bond acceptors (Lipinski definition) is 8. The number of carbonyl (C=O) groups excluding carboxylic acids is 1. The minimum absolute atomic E-state index is 0.0500. The van der Waals surface area contributed by atoms with E-state index in [1.54, 1.807) is 19.2 Å². The number of carboxylic acids is 1. The molecule has 11 heteroatoms. The summed E-state index contributed by atoms with van der Waals surface area (Å²) in [6.45, 7) is 0. The molecular weight excluding hydrogens is 400 g/mol. The van der Waals surface area contributed by atoms with Crippen LogP contribution in [0.25, 0.3) is 0 Å². The van der Waals surface area contributed by atoms with E-state index < -0.39 is 16.0 Å². The van der Waals surface area contributed by atoms with E-state index >= 15 is 0 Å². The van der Waals surface area contributed by atoms with Crippen molar-refractivity contribution in [2.24, 2.45) is 0 Å². The van der Waals surface area contributed by atoms with Gasteiger partial charge in [-0.15, -0.1) is 0 Å². The van der Waals surface area contributed by atoms with Crippen LogP contribution in [0.4, 0.5) is 11.4 Å². The summed E-state index contributed by atoms with van der Waals surface area (Å²) in [4.78, 5) is 21.0. The second-order valence-electron chi connectivity index (χ2n) is 5.57. The summed E-state index contributed by atoms with van der Waals surface area (Å²) >= 11 is 0. The number of aromatic carboxylic acids is 1. The van der Waals surface area contributed by atoms with E-state index in [-0.39, 0.29) is 28.3 Å². The maximum Gasteiger partial charge on any atom is 0.337 e. The third kappa shape index (κ3) is 6.96. The molecule has 2 rings (SSSR count). The van der Waals surface area contributed by atoms with Crippen LogP contribution in [0.5, 0.6) is 5.75 Å². The molecule has 5 N–H and O–H groups in total. The number of nitrogens with zero attached hydrogens (tertiary/aromatic N) is 1. The van der Waals surface area contributed by atoms with Crippen molar-refractivity contribution in [3.8, 4) is 11.8 Å². The summed E-state index contributed by atoms with van der Waals surface area (Å²) in [5.41, 5.74) is 0.810. The zero-order chi connectivity index (χ0) is 22.2. The zero-order valence-corrected chi connectivity index (χ0v) is 16.2. The number of sulfonamides is 1. The molecule has 10 nitrogen and oxygen atoms in total. The van der Waals surface area contributed by atoms with E-state index in [2.05, 4.69) is 10.0 Å². The third-order valence-corrected chi connectivity index (χ3v) is 3.96. The number of anilines is 2. The molecule has 0 bridgehead atoms. The highest BCUT2D eigenvalue weighted by atomic mass is 32.2. The van der Waals surface area contributed by atoms with E-state index in [0.717, 1.165) is 12.3 Å². The first-order valence-electron chi connectivity index (χ1n) is 7.82. The predicted molar refractivity (Wildman–Crippen MR) is 107 cm³/mol. The Hall–Kier alpha value is -3.91. The van der Waals surface area contributed by atoms with E-state index in [1.165, 1.54) is 18.2 Å². The van der Waals surface area contributed by atoms with Gasteiger partial charge in [0.15, 0.2) is 6.29 Å². The molecule has 0 saturated heterocycles. The lowest BCUT2D eigenvalue weighted by Crippen LogP contribution is -2.10. The lowest BCUT2D eigenvalue weighted by molar-refractivity contribution is -0.102. The average Bonchev–Trinajstić information content (AvgIpc) is 2.66. The molecule has 0 aromatic heterocycles. The molecule has 0 aliphatic carbocycles. The first kappa shape index (κ1) is 23.1. The van der Waals surface area contributed by atoms with Crippen molar-refractivity contribution in [2.75, 3.05) is 23.3 Å². The van der Waals surface area contributed by atoms with Crippen LogP contribution in [-0.2, 0) is 14.8 Å². The van der Waals surface area contributed by atoms with Crippen molar-refractivity contribution in [3.63, 3.8) is 0 Å². The van der Waals surface area contributed by atoms with Gasteiger partial charge >= 0.3 is 5.97 Å². The minimum atomic E-state index is -3.42. The lowest BCUT2D eigenvalue weighted by Gasteiger charge is -2.06. The van der Waals surface area contributed by atoms with E-state index in [1.807, 2.05) is 6.07 Å². The Morgan fingerprint density at radius 3 is 2.31 bits per heavy atom. The molecule has 0 radical (unpaired) electrons. The molecule has 0 atom stereocenters. The summed E-state index contributed by atoms with van der Waals surface area (Å²) < 4.78 is 24.0. The largest absolute Gasteiger partial charge is 0.507 e. The Morgan fingerprint density at radius 2 is 1.86 bits per heavy atom. The van der Waals surface area contributed by atoms with Crippen molar-refractivity contribution < 1.29 is 28.2 Å². The third-order valence-electron chi connectivity index (χ3n) is 3.36. The van der Waals surface area contributed by atoms with E-state index in [9.17, 15) is 23.1 Å². The van der Waals surface area contributed by atoms with Gasteiger partial charge in [0.2, 0.25) is 10.0 Å². The van der Waals surface area contributed by atoms with Gasteiger partial charge in [0, 0.05) is 24.4 Å². The number of aldehydes is 1. The van der Waals surface area contributed by atoms with Gasteiger partial charge in [0.25, 0.3) is 0 Å². The van der Waals surface area contributed by atoms with Crippen LogP contribution in [0.1, 0.15) is 21.5 Å². The summed E-state index contributed by atoms with van der Waals surface area (Å²) in [6.07, 6.45) is 1.27. The zero-order valence-electron chi connectivity index (χ0n) is 15.4. The van der Waals surface area contributed by atoms with Gasteiger partial charge < -0.3 is 15.5 Å². The standard InChI is InChI=1S/C9H10N2O4S.C9H8N2O2/c1-16(14,15)11-6-2-3-7(8(10)5-12)9(13)4-6;1-11-8-3-2-6(5-10)4-7(8)9(12)13/h2-5,10-11,13H,1H3;2-4,11H,1H3,(H,12,13). The summed E-state index contributed by atoms with van der Waals surface area (Å²) in [7, 11) is -1.78. The molecule has 2 aromatic carbocycles. The average molecular weight is 418 g/mol. The van der Waals surface area contributed by atoms with Crippen molar-refractivity contribution in [2.45, 2.75) is 0 Å². The number of benzene rings is 2. The maximum absolute atomic E-state index is 10.9. The Morgan fingerprint density at radius 1 is 1.21 bits per heavy atom. The number of hydrogen-bond donors (Lipinski definition) is 5. The van der Waals surface area contributed by atoms with Gasteiger partial charge in [-0.3, -0.25) is 14.9 Å². The molecule has 0 aliphatic heterocycles. The van der Waals surface area contributed by atoms with Crippen molar-refractivity contribution in [1.82, 2.24) is 0 Å². The van der Waals surface area contributed by atoms with Gasteiger partial charge in [-0.25, -0.2) is 13.2 Å². The van der Waals surface area contributed by atoms with Crippen LogP contribution < -0.4 is 10.0 Å². The summed E-state index contributed by atoms with van der Waals surface area (Å²) in [5.74, 6) is -1.37. The molecule has 0 heterocycles. The summed E-state index contributed by atoms with van der Waals surface area (Å²) in [5, 5.41) is 36.7. The van der Waals surface area contributed by atoms with Gasteiger partial charge in [0.05, 0.1) is 29.1 Å². The first-order chi connectivity index (χ1) is 13.5. The van der Waals surface area contributed by atoms with Gasteiger partial charge in [-0.05, 0) is 30.3 Å². The smallest absolute Gasteiger partial charge is 0.337 e. The van der Waals surface area contributed by atoms with Crippen LogP contribution in [0.2, 0.25) is 0 Å². The number of phenolic OH excluding ortho intramolecular Hbond substituents is 1. The van der Waals surface area contributed by atoms with Crippen LogP contribution in [0.15, 0.2) is 36.4 Å². The molecule has 0 fully saturated rings. The number of nitrogens with one attached hydrogen (secondary N) is 3. The fraction of sp³-hybridized carbons (Fsp3) is 0.111. The highest BCUT2D eigenvalue weighted by Gasteiger charge is 2.10. The van der Waals surface area contributed by atoms with Gasteiger partial charge in [-0.2, -0.15) is 5.26 Å². The highest BCUT2D eigenvalue weighted by molar-refractivity contribution is 7.92. The number of rotatable bonds is 6. The number of carboxylic acid groups (broad SMARTS) is 1. The van der Waals surface area contributed by atoms with Gasteiger partial charge in [-0.1, -0.05) is 0 Å². The molecule has 0 aliphatic rings. The molecular formula is C18H18N4O6S. The highest BCUT2D eigenvalue weighted by Crippen LogP contribution is 2.22. The molecule has 0 saturated carbocycles. The Bertz CT molecular complexity index is 1090. The molecule has 2 aromatic rings. The number of nitriles is 1. The van der Waals surface area contributed by atoms with Gasteiger partial charge in [0.1, 0.15) is 11.5 Å². The molecule has 152 valence electrons. The molecule has 0 unspecified atom stereocenters. The lowest BCUT2D eigenvalue weighted by atomic mass is 10.1. The number of aromatic hydroxyl groups is 1. The van der Waals surface area contributed by atoms with Crippen LogP contribution in [0.3, 0.4) is 0 Å². The molecule has 0 spiro atoms. The molecule has 0 amide bonds.